The van der Waals surface area contributed by atoms with Gasteiger partial charge in [-0.15, -0.1) is 10.2 Å². The number of hydrogen-bond acceptors (Lipinski definition) is 5. The van der Waals surface area contributed by atoms with Crippen LogP contribution in [0.15, 0.2) is 36.4 Å². The SMILES string of the molecule is O=C1NCC2(CCC(CNc3ccc(-c4cccc(C(F)F)c4)nn3)CC2)O1. The van der Waals surface area contributed by atoms with E-state index in [-0.39, 0.29) is 17.3 Å². The zero-order chi connectivity index (χ0) is 19.6. The smallest absolute Gasteiger partial charge is 0.407 e. The molecule has 6 nitrogen and oxygen atoms in total. The highest BCUT2D eigenvalue weighted by molar-refractivity contribution is 5.70. The quantitative estimate of drug-likeness (QED) is 0.804. The van der Waals surface area contributed by atoms with Gasteiger partial charge in [-0.1, -0.05) is 18.2 Å². The average Bonchev–Trinajstić information content (AvgIpc) is 3.08. The van der Waals surface area contributed by atoms with Gasteiger partial charge in [0.1, 0.15) is 11.4 Å². The summed E-state index contributed by atoms with van der Waals surface area (Å²) in [6.45, 7) is 1.37. The Morgan fingerprint density at radius 1 is 1.21 bits per heavy atom. The number of rotatable bonds is 5. The van der Waals surface area contributed by atoms with Gasteiger partial charge in [0.25, 0.3) is 6.43 Å². The molecule has 1 aromatic carbocycles. The maximum Gasteiger partial charge on any atom is 0.407 e. The third-order valence-corrected chi connectivity index (χ3v) is 5.55. The van der Waals surface area contributed by atoms with Crippen LogP contribution < -0.4 is 10.6 Å². The van der Waals surface area contributed by atoms with E-state index in [2.05, 4.69) is 20.8 Å². The Morgan fingerprint density at radius 2 is 2.04 bits per heavy atom. The number of benzene rings is 1. The maximum atomic E-state index is 12.8. The van der Waals surface area contributed by atoms with Gasteiger partial charge in [-0.2, -0.15) is 0 Å². The summed E-state index contributed by atoms with van der Waals surface area (Å²) >= 11 is 0. The van der Waals surface area contributed by atoms with E-state index in [1.165, 1.54) is 12.1 Å². The molecule has 2 aliphatic rings. The largest absolute Gasteiger partial charge is 0.441 e. The van der Waals surface area contributed by atoms with Crippen LogP contribution in [0.5, 0.6) is 0 Å². The number of alkyl halides is 2. The van der Waals surface area contributed by atoms with Crippen LogP contribution in [0, 0.1) is 5.92 Å². The highest BCUT2D eigenvalue weighted by Gasteiger charge is 2.43. The number of ether oxygens (including phenoxy) is 1. The summed E-state index contributed by atoms with van der Waals surface area (Å²) in [6, 6.07) is 9.76. The van der Waals surface area contributed by atoms with Gasteiger partial charge in [0.05, 0.1) is 12.2 Å². The van der Waals surface area contributed by atoms with Crippen molar-refractivity contribution in [3.63, 3.8) is 0 Å². The zero-order valence-electron chi connectivity index (χ0n) is 15.3. The first-order valence-electron chi connectivity index (χ1n) is 9.46. The molecule has 1 amide bonds. The summed E-state index contributed by atoms with van der Waals surface area (Å²) < 4.78 is 31.1. The number of nitrogens with zero attached hydrogens (tertiary/aromatic N) is 2. The fourth-order valence-corrected chi connectivity index (χ4v) is 3.85. The van der Waals surface area contributed by atoms with E-state index in [1.807, 2.05) is 6.07 Å². The molecule has 2 fully saturated rings. The van der Waals surface area contributed by atoms with Crippen LogP contribution >= 0.6 is 0 Å². The van der Waals surface area contributed by atoms with Crippen LogP contribution in [0.25, 0.3) is 11.3 Å². The third kappa shape index (κ3) is 4.05. The zero-order valence-corrected chi connectivity index (χ0v) is 15.3. The van der Waals surface area contributed by atoms with E-state index in [0.717, 1.165) is 32.2 Å². The molecule has 2 aromatic rings. The lowest BCUT2D eigenvalue weighted by atomic mass is 9.79. The predicted octanol–water partition coefficient (Wildman–Crippen LogP) is 4.16. The Balaban J connectivity index is 1.31. The minimum Gasteiger partial charge on any atom is -0.441 e. The number of carbonyl (C=O) groups is 1. The van der Waals surface area contributed by atoms with Gasteiger partial charge in [0.15, 0.2) is 0 Å². The molecule has 1 saturated heterocycles. The standard InChI is InChI=1S/C20H22F2N4O2/c21-18(22)15-3-1-2-14(10-15)16-4-5-17(26-25-16)23-11-13-6-8-20(9-7-13)12-24-19(27)28-20/h1-5,10,13,18H,6-9,11-12H2,(H,23,26)(H,24,27). The van der Waals surface area contributed by atoms with E-state index in [4.69, 9.17) is 4.74 Å². The second-order valence-electron chi connectivity index (χ2n) is 7.48. The number of alkyl carbamates (subject to hydrolysis) is 1. The van der Waals surface area contributed by atoms with Crippen molar-refractivity contribution in [2.45, 2.75) is 37.7 Å². The van der Waals surface area contributed by atoms with Crippen molar-refractivity contribution in [1.29, 1.82) is 0 Å². The van der Waals surface area contributed by atoms with E-state index in [1.54, 1.807) is 18.2 Å². The van der Waals surface area contributed by atoms with E-state index in [9.17, 15) is 13.6 Å². The number of hydrogen-bond donors (Lipinski definition) is 2. The lowest BCUT2D eigenvalue weighted by Crippen LogP contribution is -2.39. The van der Waals surface area contributed by atoms with E-state index < -0.39 is 6.43 Å². The minimum absolute atomic E-state index is 0.0280. The van der Waals surface area contributed by atoms with Crippen molar-refractivity contribution in [1.82, 2.24) is 15.5 Å². The number of anilines is 1. The highest BCUT2D eigenvalue weighted by Crippen LogP contribution is 2.36. The molecule has 1 spiro atoms. The van der Waals surface area contributed by atoms with Gasteiger partial charge in [0, 0.05) is 17.7 Å². The van der Waals surface area contributed by atoms with Crippen molar-refractivity contribution < 1.29 is 18.3 Å². The van der Waals surface area contributed by atoms with Crippen LogP contribution in [0.4, 0.5) is 19.4 Å². The number of nitrogens with one attached hydrogen (secondary N) is 2. The number of amides is 1. The molecule has 8 heteroatoms. The second kappa shape index (κ2) is 7.69. The Labute approximate surface area is 161 Å². The molecule has 2 N–H and O–H groups in total. The van der Waals surface area contributed by atoms with E-state index in [0.29, 0.717) is 29.5 Å². The van der Waals surface area contributed by atoms with Crippen molar-refractivity contribution in [2.75, 3.05) is 18.4 Å². The molecule has 1 aliphatic heterocycles. The predicted molar refractivity (Wildman–Crippen MR) is 100 cm³/mol. The van der Waals surface area contributed by atoms with Gasteiger partial charge < -0.3 is 15.4 Å². The molecule has 0 radical (unpaired) electrons. The van der Waals surface area contributed by atoms with Crippen molar-refractivity contribution in [2.24, 2.45) is 5.92 Å². The molecule has 28 heavy (non-hydrogen) atoms. The maximum absolute atomic E-state index is 12.8. The molecule has 4 rings (SSSR count). The van der Waals surface area contributed by atoms with Crippen LogP contribution in [-0.2, 0) is 4.74 Å². The normalized spacial score (nSPS) is 24.2. The number of halogens is 2. The number of carbonyl (C=O) groups excluding carboxylic acids is 1. The van der Waals surface area contributed by atoms with Crippen LogP contribution in [0.2, 0.25) is 0 Å². The first kappa shape index (κ1) is 18.6. The molecule has 0 atom stereocenters. The van der Waals surface area contributed by atoms with Crippen molar-refractivity contribution in [3.05, 3.63) is 42.0 Å². The summed E-state index contributed by atoms with van der Waals surface area (Å²) in [5, 5.41) is 14.4. The molecule has 1 aromatic heterocycles. The average molecular weight is 388 g/mol. The lowest BCUT2D eigenvalue weighted by Gasteiger charge is -2.34. The van der Waals surface area contributed by atoms with Gasteiger partial charge >= 0.3 is 6.09 Å². The summed E-state index contributed by atoms with van der Waals surface area (Å²) in [5.74, 6) is 1.14. The summed E-state index contributed by atoms with van der Waals surface area (Å²) in [7, 11) is 0. The van der Waals surface area contributed by atoms with Crippen molar-refractivity contribution >= 4 is 11.9 Å². The third-order valence-electron chi connectivity index (χ3n) is 5.55. The van der Waals surface area contributed by atoms with Crippen molar-refractivity contribution in [3.8, 4) is 11.3 Å². The van der Waals surface area contributed by atoms with Crippen LogP contribution in [0.1, 0.15) is 37.7 Å². The molecule has 0 bridgehead atoms. The van der Waals surface area contributed by atoms with Crippen LogP contribution in [0.3, 0.4) is 0 Å². The molecule has 0 unspecified atom stereocenters. The van der Waals surface area contributed by atoms with E-state index >= 15 is 0 Å². The molecule has 148 valence electrons. The molecule has 2 heterocycles. The molecule has 1 saturated carbocycles. The topological polar surface area (TPSA) is 76.1 Å². The van der Waals surface area contributed by atoms with Gasteiger partial charge in [-0.05, 0) is 49.8 Å². The Bertz CT molecular complexity index is 836. The second-order valence-corrected chi connectivity index (χ2v) is 7.48. The molecular weight excluding hydrogens is 366 g/mol. The number of aromatic nitrogens is 2. The fourth-order valence-electron chi connectivity index (χ4n) is 3.85. The monoisotopic (exact) mass is 388 g/mol. The minimum atomic E-state index is -2.51. The Morgan fingerprint density at radius 3 is 2.68 bits per heavy atom. The summed E-state index contributed by atoms with van der Waals surface area (Å²) in [5.41, 5.74) is 0.832. The summed E-state index contributed by atoms with van der Waals surface area (Å²) in [4.78, 5) is 11.3. The first-order chi connectivity index (χ1) is 13.5. The summed E-state index contributed by atoms with van der Waals surface area (Å²) in [6.07, 6.45) is 0.867. The van der Waals surface area contributed by atoms with Gasteiger partial charge in [-0.3, -0.25) is 0 Å². The lowest BCUT2D eigenvalue weighted by molar-refractivity contribution is 0.0148. The Kier molecular flexibility index (Phi) is 5.11. The van der Waals surface area contributed by atoms with Gasteiger partial charge in [-0.25, -0.2) is 13.6 Å². The molecular formula is C20H22F2N4O2. The molecule has 1 aliphatic carbocycles. The van der Waals surface area contributed by atoms with Gasteiger partial charge in [0.2, 0.25) is 0 Å². The first-order valence-corrected chi connectivity index (χ1v) is 9.46. The van der Waals surface area contributed by atoms with Crippen LogP contribution in [-0.4, -0.2) is 35.0 Å². The Hall–Kier alpha value is -2.77. The highest BCUT2D eigenvalue weighted by atomic mass is 19.3. The fraction of sp³-hybridized carbons (Fsp3) is 0.450.